The minimum atomic E-state index is 0.139. The Balaban J connectivity index is 2.09. The summed E-state index contributed by atoms with van der Waals surface area (Å²) < 4.78 is 0. The van der Waals surface area contributed by atoms with Gasteiger partial charge in [0.2, 0.25) is 0 Å². The van der Waals surface area contributed by atoms with Crippen LogP contribution in [0.3, 0.4) is 0 Å². The Hall–Kier alpha value is -1.93. The molecule has 2 heteroatoms. The smallest absolute Gasteiger partial charge is 0.167 e. The summed E-state index contributed by atoms with van der Waals surface area (Å²) in [5, 5.41) is 0. The Labute approximate surface area is 101 Å². The number of hydrogen-bond acceptors (Lipinski definition) is 2. The molecule has 0 heterocycles. The first-order valence-corrected chi connectivity index (χ1v) is 5.66. The third kappa shape index (κ3) is 3.02. The summed E-state index contributed by atoms with van der Waals surface area (Å²) in [5.41, 5.74) is 8.34. The molecule has 17 heavy (non-hydrogen) atoms. The molecule has 0 atom stereocenters. The predicted molar refractivity (Wildman–Crippen MR) is 68.8 cm³/mol. The molecule has 0 saturated heterocycles. The van der Waals surface area contributed by atoms with Crippen LogP contribution in [0, 0.1) is 0 Å². The van der Waals surface area contributed by atoms with Crippen LogP contribution in [0.2, 0.25) is 0 Å². The zero-order valence-corrected chi connectivity index (χ0v) is 9.60. The number of nitrogens with two attached hydrogens (primary N) is 1. The standard InChI is InChI=1S/C15H15NO/c16-11-13-6-8-14(9-7-13)15(17)10-12-4-2-1-3-5-12/h1-9H,10-11,16H2. The molecule has 2 aromatic carbocycles. The van der Waals surface area contributed by atoms with Crippen molar-refractivity contribution in [1.29, 1.82) is 0 Å². The molecule has 2 rings (SSSR count). The Kier molecular flexibility index (Phi) is 3.68. The van der Waals surface area contributed by atoms with Gasteiger partial charge in [-0.3, -0.25) is 4.79 Å². The molecule has 2 N–H and O–H groups in total. The van der Waals surface area contributed by atoms with Crippen LogP contribution >= 0.6 is 0 Å². The predicted octanol–water partition coefficient (Wildman–Crippen LogP) is 2.57. The minimum absolute atomic E-state index is 0.139. The van der Waals surface area contributed by atoms with E-state index in [1.165, 1.54) is 0 Å². The van der Waals surface area contributed by atoms with E-state index in [4.69, 9.17) is 5.73 Å². The molecule has 0 unspecified atom stereocenters. The number of benzene rings is 2. The van der Waals surface area contributed by atoms with Crippen LogP contribution in [-0.4, -0.2) is 5.78 Å². The average molecular weight is 225 g/mol. The minimum Gasteiger partial charge on any atom is -0.326 e. The number of Topliss-reactive ketones (excluding diaryl/α,β-unsaturated/α-hetero) is 1. The van der Waals surface area contributed by atoms with Gasteiger partial charge >= 0.3 is 0 Å². The number of hydrogen-bond donors (Lipinski definition) is 1. The second-order valence-corrected chi connectivity index (χ2v) is 3.99. The summed E-state index contributed by atoms with van der Waals surface area (Å²) in [7, 11) is 0. The zero-order chi connectivity index (χ0) is 12.1. The lowest BCUT2D eigenvalue weighted by atomic mass is 10.0. The Morgan fingerprint density at radius 2 is 1.53 bits per heavy atom. The quantitative estimate of drug-likeness (QED) is 0.813. The summed E-state index contributed by atoms with van der Waals surface area (Å²) in [6.45, 7) is 0.507. The first-order valence-electron chi connectivity index (χ1n) is 5.66. The van der Waals surface area contributed by atoms with E-state index in [9.17, 15) is 4.79 Å². The molecule has 0 bridgehead atoms. The molecule has 86 valence electrons. The van der Waals surface area contributed by atoms with Gasteiger partial charge < -0.3 is 5.73 Å². The highest BCUT2D eigenvalue weighted by molar-refractivity contribution is 5.97. The van der Waals surface area contributed by atoms with E-state index in [0.29, 0.717) is 13.0 Å². The summed E-state index contributed by atoms with van der Waals surface area (Å²) in [4.78, 5) is 12.0. The Morgan fingerprint density at radius 3 is 2.12 bits per heavy atom. The van der Waals surface area contributed by atoms with Crippen LogP contribution in [0.1, 0.15) is 21.5 Å². The van der Waals surface area contributed by atoms with Crippen LogP contribution < -0.4 is 5.73 Å². The van der Waals surface area contributed by atoms with Crippen LogP contribution in [-0.2, 0) is 13.0 Å². The van der Waals surface area contributed by atoms with Gasteiger partial charge in [-0.1, -0.05) is 54.6 Å². The van der Waals surface area contributed by atoms with Crippen LogP contribution in [0.5, 0.6) is 0 Å². The molecule has 0 aromatic heterocycles. The van der Waals surface area contributed by atoms with Crippen molar-refractivity contribution in [3.05, 3.63) is 71.3 Å². The fraction of sp³-hybridized carbons (Fsp3) is 0.133. The summed E-state index contributed by atoms with van der Waals surface area (Å²) in [6.07, 6.45) is 0.447. The number of carbonyl (C=O) groups is 1. The summed E-state index contributed by atoms with van der Waals surface area (Å²) >= 11 is 0. The van der Waals surface area contributed by atoms with Crippen molar-refractivity contribution in [3.8, 4) is 0 Å². The van der Waals surface area contributed by atoms with Crippen molar-refractivity contribution in [2.24, 2.45) is 5.73 Å². The molecule has 0 saturated carbocycles. The van der Waals surface area contributed by atoms with Crippen LogP contribution in [0.15, 0.2) is 54.6 Å². The van der Waals surface area contributed by atoms with E-state index in [2.05, 4.69) is 0 Å². The second-order valence-electron chi connectivity index (χ2n) is 3.99. The Bertz CT molecular complexity index is 488. The molecular formula is C15H15NO. The molecule has 2 nitrogen and oxygen atoms in total. The van der Waals surface area contributed by atoms with Gasteiger partial charge in [-0.2, -0.15) is 0 Å². The lowest BCUT2D eigenvalue weighted by molar-refractivity contribution is 0.0993. The largest absolute Gasteiger partial charge is 0.326 e. The maximum atomic E-state index is 12.0. The molecule has 0 aliphatic heterocycles. The van der Waals surface area contributed by atoms with Crippen molar-refractivity contribution < 1.29 is 4.79 Å². The highest BCUT2D eigenvalue weighted by Crippen LogP contribution is 2.09. The third-order valence-corrected chi connectivity index (χ3v) is 2.72. The van der Waals surface area contributed by atoms with Crippen molar-refractivity contribution in [1.82, 2.24) is 0 Å². The Morgan fingerprint density at radius 1 is 0.882 bits per heavy atom. The van der Waals surface area contributed by atoms with Crippen molar-refractivity contribution >= 4 is 5.78 Å². The van der Waals surface area contributed by atoms with Crippen LogP contribution in [0.25, 0.3) is 0 Å². The van der Waals surface area contributed by atoms with Gasteiger partial charge in [0.25, 0.3) is 0 Å². The maximum absolute atomic E-state index is 12.0. The summed E-state index contributed by atoms with van der Waals surface area (Å²) in [5.74, 6) is 0.139. The first-order chi connectivity index (χ1) is 8.29. The third-order valence-electron chi connectivity index (χ3n) is 2.72. The molecule has 0 fully saturated rings. The lowest BCUT2D eigenvalue weighted by Crippen LogP contribution is -2.04. The number of carbonyl (C=O) groups excluding carboxylic acids is 1. The molecule has 0 radical (unpaired) electrons. The van der Waals surface area contributed by atoms with E-state index in [-0.39, 0.29) is 5.78 Å². The summed E-state index contributed by atoms with van der Waals surface area (Å²) in [6, 6.07) is 17.2. The van der Waals surface area contributed by atoms with Gasteiger partial charge in [-0.25, -0.2) is 0 Å². The van der Waals surface area contributed by atoms with E-state index in [1.807, 2.05) is 54.6 Å². The monoisotopic (exact) mass is 225 g/mol. The lowest BCUT2D eigenvalue weighted by Gasteiger charge is -2.02. The SMILES string of the molecule is NCc1ccc(C(=O)Cc2ccccc2)cc1. The molecule has 0 spiro atoms. The van der Waals surface area contributed by atoms with Gasteiger partial charge in [0.15, 0.2) is 5.78 Å². The maximum Gasteiger partial charge on any atom is 0.167 e. The van der Waals surface area contributed by atoms with Gasteiger partial charge in [0, 0.05) is 18.5 Å². The van der Waals surface area contributed by atoms with Gasteiger partial charge in [-0.15, -0.1) is 0 Å². The molecular weight excluding hydrogens is 210 g/mol. The van der Waals surface area contributed by atoms with Gasteiger partial charge in [0.1, 0.15) is 0 Å². The number of rotatable bonds is 4. The molecule has 0 aliphatic rings. The van der Waals surface area contributed by atoms with E-state index in [0.717, 1.165) is 16.7 Å². The van der Waals surface area contributed by atoms with E-state index < -0.39 is 0 Å². The van der Waals surface area contributed by atoms with Crippen molar-refractivity contribution in [3.63, 3.8) is 0 Å². The average Bonchev–Trinajstić information content (AvgIpc) is 2.40. The van der Waals surface area contributed by atoms with Gasteiger partial charge in [-0.05, 0) is 11.1 Å². The topological polar surface area (TPSA) is 43.1 Å². The van der Waals surface area contributed by atoms with Crippen molar-refractivity contribution in [2.45, 2.75) is 13.0 Å². The van der Waals surface area contributed by atoms with E-state index in [1.54, 1.807) is 0 Å². The first kappa shape index (κ1) is 11.6. The fourth-order valence-electron chi connectivity index (χ4n) is 1.71. The molecule has 2 aromatic rings. The van der Waals surface area contributed by atoms with Crippen molar-refractivity contribution in [2.75, 3.05) is 0 Å². The van der Waals surface area contributed by atoms with E-state index >= 15 is 0 Å². The van der Waals surface area contributed by atoms with Crippen LogP contribution in [0.4, 0.5) is 0 Å². The number of ketones is 1. The zero-order valence-electron chi connectivity index (χ0n) is 9.60. The fourth-order valence-corrected chi connectivity index (χ4v) is 1.71. The highest BCUT2D eigenvalue weighted by atomic mass is 16.1. The molecule has 0 amide bonds. The molecule has 0 aliphatic carbocycles. The highest BCUT2D eigenvalue weighted by Gasteiger charge is 2.06. The second kappa shape index (κ2) is 5.41. The normalized spacial score (nSPS) is 10.2. The van der Waals surface area contributed by atoms with Gasteiger partial charge in [0.05, 0.1) is 0 Å².